The Bertz CT molecular complexity index is 1090. The van der Waals surface area contributed by atoms with Gasteiger partial charge in [-0.25, -0.2) is 4.98 Å². The Labute approximate surface area is 175 Å². The smallest absolute Gasteiger partial charge is 0.260 e. The summed E-state index contributed by atoms with van der Waals surface area (Å²) < 4.78 is 7.36. The van der Waals surface area contributed by atoms with Gasteiger partial charge < -0.3 is 15.0 Å². The van der Waals surface area contributed by atoms with Gasteiger partial charge in [-0.3, -0.25) is 9.69 Å². The number of aromatic nitrogens is 4. The van der Waals surface area contributed by atoms with Gasteiger partial charge in [-0.2, -0.15) is 0 Å². The summed E-state index contributed by atoms with van der Waals surface area (Å²) in [7, 11) is 1.59. The van der Waals surface area contributed by atoms with E-state index in [0.717, 1.165) is 17.5 Å². The van der Waals surface area contributed by atoms with Crippen LogP contribution < -0.4 is 15.4 Å². The molecule has 2 N–H and O–H groups in total. The first kappa shape index (κ1) is 20.0. The Hall–Kier alpha value is -3.26. The first-order valence-electron chi connectivity index (χ1n) is 10.1. The topological polar surface area (TPSA) is 99.2 Å². The molecule has 0 aliphatic carbocycles. The molecule has 0 unspecified atom stereocenters. The second-order valence-corrected chi connectivity index (χ2v) is 7.69. The zero-order valence-corrected chi connectivity index (χ0v) is 17.7. The van der Waals surface area contributed by atoms with Crippen LogP contribution in [0.5, 0.6) is 5.75 Å². The van der Waals surface area contributed by atoms with Gasteiger partial charge >= 0.3 is 0 Å². The Morgan fingerprint density at radius 1 is 1.27 bits per heavy atom. The van der Waals surface area contributed by atoms with Crippen LogP contribution in [0.4, 0.5) is 5.82 Å². The molecule has 1 amide bonds. The van der Waals surface area contributed by atoms with E-state index in [-0.39, 0.29) is 18.0 Å². The average molecular weight is 406 g/mol. The number of fused-ring (bicyclic) bond motifs is 1. The van der Waals surface area contributed by atoms with Crippen LogP contribution in [0.1, 0.15) is 60.8 Å². The van der Waals surface area contributed by atoms with Gasteiger partial charge in [0.15, 0.2) is 5.82 Å². The summed E-state index contributed by atoms with van der Waals surface area (Å²) >= 11 is 0. The highest BCUT2D eigenvalue weighted by Crippen LogP contribution is 2.36. The van der Waals surface area contributed by atoms with Crippen molar-refractivity contribution in [3.63, 3.8) is 0 Å². The second kappa shape index (κ2) is 7.87. The number of hydrogen-bond acceptors (Lipinski definition) is 6. The van der Waals surface area contributed by atoms with Crippen molar-refractivity contribution in [1.29, 1.82) is 0 Å². The summed E-state index contributed by atoms with van der Waals surface area (Å²) in [6.45, 7) is 6.57. The molecule has 1 atom stereocenters. The highest BCUT2D eigenvalue weighted by Gasteiger charge is 2.33. The first-order chi connectivity index (χ1) is 14.4. The molecule has 0 saturated heterocycles. The van der Waals surface area contributed by atoms with Crippen molar-refractivity contribution >= 4 is 11.7 Å². The van der Waals surface area contributed by atoms with Crippen LogP contribution in [0.3, 0.4) is 0 Å². The van der Waals surface area contributed by atoms with Gasteiger partial charge in [-0.1, -0.05) is 13.0 Å². The fourth-order valence-corrected chi connectivity index (χ4v) is 3.77. The van der Waals surface area contributed by atoms with E-state index >= 15 is 0 Å². The lowest BCUT2D eigenvalue weighted by atomic mass is 9.96. The number of rotatable bonds is 6. The Balaban J connectivity index is 1.74. The summed E-state index contributed by atoms with van der Waals surface area (Å²) in [6, 6.07) is 9.34. The molecule has 4 rings (SSSR count). The molecule has 3 aromatic rings. The Morgan fingerprint density at radius 2 is 2.07 bits per heavy atom. The molecule has 1 aliphatic heterocycles. The average Bonchev–Trinajstić information content (AvgIpc) is 3.38. The van der Waals surface area contributed by atoms with E-state index in [1.54, 1.807) is 24.4 Å². The molecule has 0 fully saturated rings. The predicted molar refractivity (Wildman–Crippen MR) is 114 cm³/mol. The highest BCUT2D eigenvalue weighted by atomic mass is 16.5. The molecule has 1 aromatic carbocycles. The number of amides is 1. The van der Waals surface area contributed by atoms with Gasteiger partial charge in [0.05, 0.1) is 13.7 Å². The molecule has 8 nitrogen and oxygen atoms in total. The Morgan fingerprint density at radius 3 is 2.77 bits per heavy atom. The number of nitrogens with two attached hydrogens (primary N) is 1. The van der Waals surface area contributed by atoms with Crippen molar-refractivity contribution < 1.29 is 9.53 Å². The summed E-state index contributed by atoms with van der Waals surface area (Å²) in [5.41, 5.74) is 9.50. The quantitative estimate of drug-likeness (QED) is 0.673. The van der Waals surface area contributed by atoms with E-state index in [2.05, 4.69) is 24.0 Å². The standard InChI is InChI=1S/C22H26N6O2/c1-5-18(23)15-9-14(30-4)10-16-17(15)11-27(22(16)29)20-8-6-7-19(25-20)21-26-24-12-28(21)13(2)3/h6-10,12-13,18H,5,11,23H2,1-4H3/t18-/m1/s1. The number of benzene rings is 1. The maximum absolute atomic E-state index is 13.3. The molecule has 156 valence electrons. The minimum absolute atomic E-state index is 0.108. The van der Waals surface area contributed by atoms with E-state index in [1.165, 1.54) is 0 Å². The molecule has 30 heavy (non-hydrogen) atoms. The molecular weight excluding hydrogens is 380 g/mol. The molecule has 0 radical (unpaired) electrons. The SMILES string of the molecule is CC[C@@H](N)c1cc(OC)cc2c1CN(c1cccc(-c3nncn3C(C)C)n1)C2=O. The van der Waals surface area contributed by atoms with Crippen LogP contribution in [0, 0.1) is 0 Å². The molecule has 2 aromatic heterocycles. The summed E-state index contributed by atoms with van der Waals surface area (Å²) in [4.78, 5) is 19.7. The third-order valence-corrected chi connectivity index (χ3v) is 5.49. The molecule has 0 saturated carbocycles. The number of carbonyl (C=O) groups excluding carboxylic acids is 1. The first-order valence-corrected chi connectivity index (χ1v) is 10.1. The lowest BCUT2D eigenvalue weighted by Gasteiger charge is -2.17. The zero-order chi connectivity index (χ0) is 21.4. The van der Waals surface area contributed by atoms with E-state index in [0.29, 0.717) is 35.2 Å². The van der Waals surface area contributed by atoms with E-state index in [9.17, 15) is 4.79 Å². The molecule has 1 aliphatic rings. The number of nitrogens with zero attached hydrogens (tertiary/aromatic N) is 5. The lowest BCUT2D eigenvalue weighted by Crippen LogP contribution is -2.24. The van der Waals surface area contributed by atoms with Crippen LogP contribution in [-0.2, 0) is 6.54 Å². The van der Waals surface area contributed by atoms with Gasteiger partial charge in [-0.15, -0.1) is 10.2 Å². The lowest BCUT2D eigenvalue weighted by molar-refractivity contribution is 0.0995. The van der Waals surface area contributed by atoms with Crippen molar-refractivity contribution in [3.8, 4) is 17.3 Å². The molecular formula is C22H26N6O2. The third-order valence-electron chi connectivity index (χ3n) is 5.49. The third kappa shape index (κ3) is 3.33. The number of carbonyl (C=O) groups is 1. The zero-order valence-electron chi connectivity index (χ0n) is 17.7. The molecule has 3 heterocycles. The number of methoxy groups -OCH3 is 1. The van der Waals surface area contributed by atoms with E-state index in [4.69, 9.17) is 15.5 Å². The van der Waals surface area contributed by atoms with E-state index in [1.807, 2.05) is 35.8 Å². The number of ether oxygens (including phenoxy) is 1. The van der Waals surface area contributed by atoms with Crippen LogP contribution in [0.2, 0.25) is 0 Å². The molecule has 8 heteroatoms. The fraction of sp³-hybridized carbons (Fsp3) is 0.364. The molecule has 0 spiro atoms. The molecule has 0 bridgehead atoms. The highest BCUT2D eigenvalue weighted by molar-refractivity contribution is 6.10. The van der Waals surface area contributed by atoms with Crippen molar-refractivity contribution in [3.05, 3.63) is 53.3 Å². The van der Waals surface area contributed by atoms with Crippen LogP contribution in [0.15, 0.2) is 36.7 Å². The van der Waals surface area contributed by atoms with Crippen molar-refractivity contribution in [2.75, 3.05) is 12.0 Å². The van der Waals surface area contributed by atoms with Crippen LogP contribution in [0.25, 0.3) is 11.5 Å². The minimum atomic E-state index is -0.162. The number of pyridine rings is 1. The normalized spacial score (nSPS) is 14.3. The van der Waals surface area contributed by atoms with Crippen LogP contribution in [-0.4, -0.2) is 32.8 Å². The van der Waals surface area contributed by atoms with Gasteiger partial charge in [-0.05, 0) is 55.7 Å². The summed E-state index contributed by atoms with van der Waals surface area (Å²) in [5, 5.41) is 8.24. The van der Waals surface area contributed by atoms with Gasteiger partial charge in [0.2, 0.25) is 0 Å². The van der Waals surface area contributed by atoms with Gasteiger partial charge in [0.1, 0.15) is 23.6 Å². The van der Waals surface area contributed by atoms with Crippen molar-refractivity contribution in [2.24, 2.45) is 5.73 Å². The Kier molecular flexibility index (Phi) is 5.26. The van der Waals surface area contributed by atoms with E-state index < -0.39 is 0 Å². The monoisotopic (exact) mass is 406 g/mol. The largest absolute Gasteiger partial charge is 0.497 e. The van der Waals surface area contributed by atoms with Crippen molar-refractivity contribution in [2.45, 2.75) is 45.8 Å². The van der Waals surface area contributed by atoms with Gasteiger partial charge in [0.25, 0.3) is 5.91 Å². The van der Waals surface area contributed by atoms with Gasteiger partial charge in [0, 0.05) is 17.6 Å². The predicted octanol–water partition coefficient (Wildman–Crippen LogP) is 3.50. The van der Waals surface area contributed by atoms with Crippen molar-refractivity contribution in [1.82, 2.24) is 19.7 Å². The number of hydrogen-bond donors (Lipinski definition) is 1. The summed E-state index contributed by atoms with van der Waals surface area (Å²) in [5.74, 6) is 1.77. The maximum atomic E-state index is 13.3. The summed E-state index contributed by atoms with van der Waals surface area (Å²) in [6.07, 6.45) is 2.46. The fourth-order valence-electron chi connectivity index (χ4n) is 3.77. The minimum Gasteiger partial charge on any atom is -0.497 e. The van der Waals surface area contributed by atoms with Crippen LogP contribution >= 0.6 is 0 Å². The second-order valence-electron chi connectivity index (χ2n) is 7.69. The number of anilines is 1. The maximum Gasteiger partial charge on any atom is 0.260 e.